The first kappa shape index (κ1) is 19.8. The van der Waals surface area contributed by atoms with Gasteiger partial charge in [-0.1, -0.05) is 42.7 Å². The molecular formula is C22H26N2O4S. The number of ether oxygens (including phenoxy) is 1. The first-order valence-electron chi connectivity index (χ1n) is 9.99. The zero-order valence-corrected chi connectivity index (χ0v) is 17.6. The Hall–Kier alpha value is -2.54. The molecule has 2 aliphatic rings. The molecule has 2 aromatic rings. The summed E-state index contributed by atoms with van der Waals surface area (Å²) in [5, 5.41) is 0. The van der Waals surface area contributed by atoms with E-state index in [0.717, 1.165) is 31.2 Å². The fourth-order valence-corrected chi connectivity index (χ4v) is 5.57. The Balaban J connectivity index is 1.68. The van der Waals surface area contributed by atoms with E-state index >= 15 is 0 Å². The van der Waals surface area contributed by atoms with Crippen molar-refractivity contribution in [2.24, 2.45) is 0 Å². The summed E-state index contributed by atoms with van der Waals surface area (Å²) >= 11 is 0. The number of nitrogens with zero attached hydrogens (tertiary/aromatic N) is 2. The molecule has 1 amide bonds. The number of rotatable bonds is 4. The summed E-state index contributed by atoms with van der Waals surface area (Å²) in [6, 6.07) is 13.9. The molecule has 0 bridgehead atoms. The molecule has 7 heteroatoms. The number of carbonyl (C=O) groups excluding carboxylic acids is 1. The van der Waals surface area contributed by atoms with Gasteiger partial charge in [-0.2, -0.15) is 0 Å². The number of amides is 1. The Bertz CT molecular complexity index is 998. The van der Waals surface area contributed by atoms with E-state index in [1.807, 2.05) is 6.92 Å². The lowest BCUT2D eigenvalue weighted by molar-refractivity contribution is -0.139. The summed E-state index contributed by atoms with van der Waals surface area (Å²) in [6.07, 6.45) is 3.33. The molecule has 0 saturated heterocycles. The number of hydrogen-bond donors (Lipinski definition) is 0. The van der Waals surface area contributed by atoms with Crippen molar-refractivity contribution >= 4 is 21.6 Å². The van der Waals surface area contributed by atoms with Crippen LogP contribution >= 0.6 is 0 Å². The number of anilines is 1. The maximum Gasteiger partial charge on any atom is 0.265 e. The van der Waals surface area contributed by atoms with Crippen LogP contribution in [0.3, 0.4) is 0 Å². The molecule has 1 heterocycles. The van der Waals surface area contributed by atoms with Crippen molar-refractivity contribution in [1.82, 2.24) is 4.90 Å². The molecule has 1 aliphatic heterocycles. The monoisotopic (exact) mass is 414 g/mol. The number of fused-ring (bicyclic) bond motifs is 1. The third-order valence-corrected chi connectivity index (χ3v) is 7.63. The second kappa shape index (κ2) is 7.71. The van der Waals surface area contributed by atoms with Crippen LogP contribution in [0.25, 0.3) is 0 Å². The summed E-state index contributed by atoms with van der Waals surface area (Å²) in [6.45, 7) is 1.87. The minimum absolute atomic E-state index is 0.0386. The maximum absolute atomic E-state index is 13.4. The largest absolute Gasteiger partial charge is 0.476 e. The van der Waals surface area contributed by atoms with E-state index in [2.05, 4.69) is 0 Å². The van der Waals surface area contributed by atoms with Crippen LogP contribution in [0.1, 0.15) is 31.2 Å². The molecule has 1 saturated carbocycles. The quantitative estimate of drug-likeness (QED) is 0.770. The van der Waals surface area contributed by atoms with Crippen molar-refractivity contribution in [3.63, 3.8) is 0 Å². The molecule has 0 unspecified atom stereocenters. The van der Waals surface area contributed by atoms with E-state index in [4.69, 9.17) is 4.74 Å². The highest BCUT2D eigenvalue weighted by atomic mass is 32.2. The third kappa shape index (κ3) is 3.71. The summed E-state index contributed by atoms with van der Waals surface area (Å²) < 4.78 is 34.1. The van der Waals surface area contributed by atoms with Crippen molar-refractivity contribution in [3.05, 3.63) is 54.1 Å². The fraction of sp³-hybridized carbons (Fsp3) is 0.409. The molecule has 6 nitrogen and oxygen atoms in total. The average molecular weight is 415 g/mol. The maximum atomic E-state index is 13.4. The first-order valence-corrected chi connectivity index (χ1v) is 11.4. The Morgan fingerprint density at radius 3 is 2.41 bits per heavy atom. The first-order chi connectivity index (χ1) is 13.9. The molecule has 29 heavy (non-hydrogen) atoms. The topological polar surface area (TPSA) is 66.9 Å². The number of para-hydroxylation sites is 2. The molecule has 1 atom stereocenters. The number of likely N-dealkylation sites (N-methyl/N-ethyl adjacent to an activating group) is 1. The second-order valence-electron chi connectivity index (χ2n) is 7.81. The van der Waals surface area contributed by atoms with Gasteiger partial charge in [0.15, 0.2) is 6.10 Å². The third-order valence-electron chi connectivity index (χ3n) is 5.84. The number of sulfonamides is 1. The van der Waals surface area contributed by atoms with Crippen LogP contribution < -0.4 is 9.04 Å². The average Bonchev–Trinajstić information content (AvgIpc) is 3.27. The Morgan fingerprint density at radius 2 is 1.72 bits per heavy atom. The summed E-state index contributed by atoms with van der Waals surface area (Å²) in [5.41, 5.74) is 1.44. The molecule has 1 aliphatic carbocycles. The lowest BCUT2D eigenvalue weighted by Crippen LogP contribution is -2.52. The van der Waals surface area contributed by atoms with Crippen LogP contribution in [-0.4, -0.2) is 45.0 Å². The smallest absolute Gasteiger partial charge is 0.265 e. The Kier molecular flexibility index (Phi) is 5.25. The zero-order chi connectivity index (χ0) is 20.6. The highest BCUT2D eigenvalue weighted by Gasteiger charge is 2.39. The number of carbonyl (C=O) groups is 1. The van der Waals surface area contributed by atoms with Crippen molar-refractivity contribution in [1.29, 1.82) is 0 Å². The van der Waals surface area contributed by atoms with Gasteiger partial charge in [-0.05, 0) is 44.0 Å². The lowest BCUT2D eigenvalue weighted by Gasteiger charge is -2.37. The van der Waals surface area contributed by atoms with Crippen molar-refractivity contribution < 1.29 is 17.9 Å². The summed E-state index contributed by atoms with van der Waals surface area (Å²) in [5.74, 6) is 0.239. The van der Waals surface area contributed by atoms with Gasteiger partial charge in [0.25, 0.3) is 15.9 Å². The molecule has 154 valence electrons. The van der Waals surface area contributed by atoms with Crippen LogP contribution in [-0.2, 0) is 14.8 Å². The van der Waals surface area contributed by atoms with Crippen LogP contribution in [0.2, 0.25) is 0 Å². The predicted molar refractivity (Wildman–Crippen MR) is 112 cm³/mol. The van der Waals surface area contributed by atoms with Crippen molar-refractivity contribution in [3.8, 4) is 5.75 Å². The minimum Gasteiger partial charge on any atom is -0.476 e. The molecule has 2 aromatic carbocycles. The van der Waals surface area contributed by atoms with Gasteiger partial charge in [-0.15, -0.1) is 0 Å². The van der Waals surface area contributed by atoms with Gasteiger partial charge in [-0.25, -0.2) is 8.42 Å². The van der Waals surface area contributed by atoms with Gasteiger partial charge < -0.3 is 9.64 Å². The molecule has 0 aromatic heterocycles. The highest BCUT2D eigenvalue weighted by molar-refractivity contribution is 7.92. The summed E-state index contributed by atoms with van der Waals surface area (Å²) in [7, 11) is -2.03. The van der Waals surface area contributed by atoms with Crippen LogP contribution in [0, 0.1) is 6.92 Å². The molecule has 0 N–H and O–H groups in total. The molecule has 4 rings (SSSR count). The SMILES string of the molecule is Cc1ccc(S(=O)(=O)N2C[C@H](C(=O)N(C)C3CCCC3)Oc3ccccc32)cc1. The van der Waals surface area contributed by atoms with Crippen molar-refractivity contribution in [2.45, 2.75) is 49.6 Å². The zero-order valence-electron chi connectivity index (χ0n) is 16.7. The van der Waals surface area contributed by atoms with E-state index in [-0.39, 0.29) is 23.4 Å². The van der Waals surface area contributed by atoms with E-state index in [1.165, 1.54) is 4.31 Å². The van der Waals surface area contributed by atoms with Gasteiger partial charge in [0.1, 0.15) is 5.75 Å². The fourth-order valence-electron chi connectivity index (χ4n) is 4.09. The van der Waals surface area contributed by atoms with Gasteiger partial charge in [0.05, 0.1) is 17.1 Å². The Labute approximate surface area is 172 Å². The lowest BCUT2D eigenvalue weighted by atomic mass is 10.1. The molecular weight excluding hydrogens is 388 g/mol. The Morgan fingerprint density at radius 1 is 1.07 bits per heavy atom. The number of aryl methyl sites for hydroxylation is 1. The second-order valence-corrected chi connectivity index (χ2v) is 9.67. The normalized spacial score (nSPS) is 19.5. The minimum atomic E-state index is -3.82. The van der Waals surface area contributed by atoms with Gasteiger partial charge in [0.2, 0.25) is 0 Å². The van der Waals surface area contributed by atoms with Gasteiger partial charge in [0, 0.05) is 13.1 Å². The van der Waals surface area contributed by atoms with Crippen molar-refractivity contribution in [2.75, 3.05) is 17.9 Å². The number of benzene rings is 2. The molecule has 0 spiro atoms. The molecule has 1 fully saturated rings. The van der Waals surface area contributed by atoms with Gasteiger partial charge >= 0.3 is 0 Å². The van der Waals surface area contributed by atoms with E-state index < -0.39 is 16.1 Å². The number of hydrogen-bond acceptors (Lipinski definition) is 4. The van der Waals surface area contributed by atoms with Crippen LogP contribution in [0.5, 0.6) is 5.75 Å². The standard InChI is InChI=1S/C22H26N2O4S/c1-16-11-13-18(14-12-16)29(26,27)24-15-21(28-20-10-6-5-9-19(20)24)22(25)23(2)17-7-3-4-8-17/h5-6,9-14,17,21H,3-4,7-8,15H2,1-2H3/t21-/m1/s1. The van der Waals surface area contributed by atoms with Crippen LogP contribution in [0.4, 0.5) is 5.69 Å². The van der Waals surface area contributed by atoms with E-state index in [0.29, 0.717) is 11.4 Å². The van der Waals surface area contributed by atoms with E-state index in [9.17, 15) is 13.2 Å². The summed E-state index contributed by atoms with van der Waals surface area (Å²) in [4.78, 5) is 15.1. The highest BCUT2D eigenvalue weighted by Crippen LogP contribution is 2.37. The van der Waals surface area contributed by atoms with Gasteiger partial charge in [-0.3, -0.25) is 9.10 Å². The van der Waals surface area contributed by atoms with E-state index in [1.54, 1.807) is 60.5 Å². The van der Waals surface area contributed by atoms with Crippen LogP contribution in [0.15, 0.2) is 53.4 Å². The predicted octanol–water partition coefficient (Wildman–Crippen LogP) is 3.35. The molecule has 0 radical (unpaired) electrons.